The fourth-order valence-electron chi connectivity index (χ4n) is 1.06. The minimum atomic E-state index is -2.96. The van der Waals surface area contributed by atoms with Gasteiger partial charge in [-0.15, -0.1) is 0 Å². The summed E-state index contributed by atoms with van der Waals surface area (Å²) in [6.07, 6.45) is 0.867. The third-order valence-electron chi connectivity index (χ3n) is 1.93. The van der Waals surface area contributed by atoms with Crippen molar-refractivity contribution in [1.82, 2.24) is 0 Å². The monoisotopic (exact) mass is 255 g/mol. The molecule has 0 aromatic rings. The van der Waals surface area contributed by atoms with Gasteiger partial charge < -0.3 is 27.6 Å². The summed E-state index contributed by atoms with van der Waals surface area (Å²) in [5.41, 5.74) is 5.42. The highest BCUT2D eigenvalue weighted by Gasteiger charge is 2.44. The third kappa shape index (κ3) is 5.18. The molecule has 1 atom stereocenters. The van der Waals surface area contributed by atoms with Gasteiger partial charge in [0.1, 0.15) is 0 Å². The average Bonchev–Trinajstić information content (AvgIpc) is 2.30. The predicted octanol–water partition coefficient (Wildman–Crippen LogP) is -0.406. The van der Waals surface area contributed by atoms with Crippen molar-refractivity contribution in [1.29, 1.82) is 0 Å². The lowest BCUT2D eigenvalue weighted by Crippen LogP contribution is -2.51. The molecule has 0 saturated carbocycles. The molecule has 8 heteroatoms. The molecule has 92 valence electrons. The molecule has 6 nitrogen and oxygen atoms in total. The largest absolute Gasteiger partial charge is 0.669 e. The van der Waals surface area contributed by atoms with Crippen molar-refractivity contribution in [2.45, 2.75) is 12.5 Å². The highest BCUT2D eigenvalue weighted by Crippen LogP contribution is 2.12. The molecular formula is C7H21NO5Si2. The van der Waals surface area contributed by atoms with Gasteiger partial charge in [0, 0.05) is 28.4 Å². The molecule has 0 fully saturated rings. The van der Waals surface area contributed by atoms with Crippen molar-refractivity contribution in [3.8, 4) is 0 Å². The summed E-state index contributed by atoms with van der Waals surface area (Å²) in [6.45, 7) is 0.623. The Morgan fingerprint density at radius 3 is 1.93 bits per heavy atom. The second-order valence-electron chi connectivity index (χ2n) is 2.83. The molecule has 15 heavy (non-hydrogen) atoms. The van der Waals surface area contributed by atoms with Gasteiger partial charge in [-0.2, -0.15) is 0 Å². The number of nitrogens with two attached hydrogens (primary N) is 1. The zero-order valence-corrected chi connectivity index (χ0v) is 12.0. The van der Waals surface area contributed by atoms with Crippen molar-refractivity contribution < 1.29 is 21.8 Å². The van der Waals surface area contributed by atoms with Crippen LogP contribution in [0.3, 0.4) is 0 Å². The zero-order valence-electron chi connectivity index (χ0n) is 9.82. The molecule has 0 aromatic carbocycles. The Bertz CT molecular complexity index is 150. The summed E-state index contributed by atoms with van der Waals surface area (Å²) in [7, 11) is 1.37. The summed E-state index contributed by atoms with van der Waals surface area (Å²) in [6, 6.07) is 0.817. The number of hydrogen-bond acceptors (Lipinski definition) is 6. The Morgan fingerprint density at radius 1 is 1.07 bits per heavy atom. The maximum absolute atomic E-state index is 5.67. The highest BCUT2D eigenvalue weighted by molar-refractivity contribution is 6.64. The fourth-order valence-corrected chi connectivity index (χ4v) is 5.67. The molecule has 0 bridgehead atoms. The molecule has 0 aliphatic heterocycles. The molecule has 0 rings (SSSR count). The molecule has 2 N–H and O–H groups in total. The van der Waals surface area contributed by atoms with Gasteiger partial charge in [-0.3, -0.25) is 0 Å². The van der Waals surface area contributed by atoms with Gasteiger partial charge in [0.05, 0.1) is 0 Å². The van der Waals surface area contributed by atoms with E-state index in [1.54, 1.807) is 7.11 Å². The van der Waals surface area contributed by atoms with E-state index < -0.39 is 18.3 Å². The lowest BCUT2D eigenvalue weighted by atomic mass is 10.5. The smallest absolute Gasteiger partial charge is 0.400 e. The van der Waals surface area contributed by atoms with E-state index in [-0.39, 0.29) is 0 Å². The van der Waals surface area contributed by atoms with E-state index in [1.165, 1.54) is 21.3 Å². The fraction of sp³-hybridized carbons (Fsp3) is 1.00. The van der Waals surface area contributed by atoms with Crippen molar-refractivity contribution in [2.24, 2.45) is 5.73 Å². The van der Waals surface area contributed by atoms with Crippen LogP contribution in [0.15, 0.2) is 0 Å². The van der Waals surface area contributed by atoms with E-state index >= 15 is 0 Å². The first-order valence-corrected chi connectivity index (χ1v) is 8.13. The Balaban J connectivity index is 4.21. The topological polar surface area (TPSA) is 72.2 Å². The van der Waals surface area contributed by atoms with Crippen molar-refractivity contribution in [2.75, 3.05) is 35.0 Å². The van der Waals surface area contributed by atoms with Gasteiger partial charge in [0.25, 0.3) is 0 Å². The first kappa shape index (κ1) is 15.2. The summed E-state index contributed by atoms with van der Waals surface area (Å²) in [5.74, 6) is 0. The molecule has 0 saturated heterocycles. The van der Waals surface area contributed by atoms with Crippen LogP contribution in [0.25, 0.3) is 0 Å². The lowest BCUT2D eigenvalue weighted by Gasteiger charge is -2.26. The number of hydrogen-bond donors (Lipinski definition) is 1. The maximum atomic E-state index is 5.67. The maximum Gasteiger partial charge on any atom is 0.669 e. The third-order valence-corrected chi connectivity index (χ3v) is 7.04. The van der Waals surface area contributed by atoms with Gasteiger partial charge in [-0.1, -0.05) is 0 Å². The molecule has 0 heterocycles. The molecule has 0 amide bonds. The molecule has 1 unspecified atom stereocenters. The van der Waals surface area contributed by atoms with E-state index in [0.29, 0.717) is 6.54 Å². The lowest BCUT2D eigenvalue weighted by molar-refractivity contribution is 0.0413. The van der Waals surface area contributed by atoms with Gasteiger partial charge in [0.2, 0.25) is 0 Å². The van der Waals surface area contributed by atoms with Crippen LogP contribution in [-0.2, 0) is 21.8 Å². The Morgan fingerprint density at radius 2 is 1.60 bits per heavy atom. The zero-order chi connectivity index (χ0) is 11.7. The summed E-state index contributed by atoms with van der Waals surface area (Å²) in [5, 5.41) is 0. The highest BCUT2D eigenvalue weighted by atomic mass is 28.5. The van der Waals surface area contributed by atoms with Crippen LogP contribution in [-0.4, -0.2) is 53.3 Å². The van der Waals surface area contributed by atoms with Crippen molar-refractivity contribution >= 4 is 18.3 Å². The minimum absolute atomic E-state index is 0.623. The first-order chi connectivity index (χ1) is 7.17. The Labute approximate surface area is 93.9 Å². The Hall–Kier alpha value is 0.194. The van der Waals surface area contributed by atoms with E-state index in [2.05, 4.69) is 0 Å². The van der Waals surface area contributed by atoms with Crippen molar-refractivity contribution in [3.05, 3.63) is 0 Å². The van der Waals surface area contributed by atoms with Gasteiger partial charge in [-0.25, -0.2) is 0 Å². The van der Waals surface area contributed by atoms with Gasteiger partial charge >= 0.3 is 18.3 Å². The van der Waals surface area contributed by atoms with Crippen LogP contribution in [0.2, 0.25) is 6.04 Å². The summed E-state index contributed by atoms with van der Waals surface area (Å²) >= 11 is 0. The summed E-state index contributed by atoms with van der Waals surface area (Å²) in [4.78, 5) is 0. The van der Waals surface area contributed by atoms with E-state index in [9.17, 15) is 0 Å². The molecule has 0 aliphatic carbocycles. The standard InChI is InChI=1S/C7H21NO5Si2/c1-9-14(7-5-6-8)13-15(10-2,11-3)12-4/h14H,5-8H2,1-4H3. The van der Waals surface area contributed by atoms with E-state index in [0.717, 1.165) is 12.5 Å². The van der Waals surface area contributed by atoms with Crippen LogP contribution in [0, 0.1) is 0 Å². The second-order valence-corrected chi connectivity index (χ2v) is 7.90. The number of rotatable bonds is 9. The Kier molecular flexibility index (Phi) is 8.47. The molecular weight excluding hydrogens is 234 g/mol. The minimum Gasteiger partial charge on any atom is -0.400 e. The van der Waals surface area contributed by atoms with Gasteiger partial charge in [-0.05, 0) is 19.0 Å². The van der Waals surface area contributed by atoms with Crippen LogP contribution in [0.4, 0.5) is 0 Å². The van der Waals surface area contributed by atoms with Crippen LogP contribution >= 0.6 is 0 Å². The quantitative estimate of drug-likeness (QED) is 0.565. The SMILES string of the molecule is CO[SiH](CCCN)O[Si](OC)(OC)OC. The van der Waals surface area contributed by atoms with E-state index in [4.69, 9.17) is 27.6 Å². The van der Waals surface area contributed by atoms with E-state index in [1.807, 2.05) is 0 Å². The second kappa shape index (κ2) is 8.36. The molecule has 0 spiro atoms. The van der Waals surface area contributed by atoms with Crippen LogP contribution in [0.1, 0.15) is 6.42 Å². The molecule has 0 aromatic heterocycles. The van der Waals surface area contributed by atoms with Crippen LogP contribution < -0.4 is 5.73 Å². The van der Waals surface area contributed by atoms with Crippen LogP contribution in [0.5, 0.6) is 0 Å². The van der Waals surface area contributed by atoms with Gasteiger partial charge in [0.15, 0.2) is 0 Å². The molecule has 0 aliphatic rings. The van der Waals surface area contributed by atoms with Crippen molar-refractivity contribution in [3.63, 3.8) is 0 Å². The molecule has 0 radical (unpaired) electrons. The predicted molar refractivity (Wildman–Crippen MR) is 60.5 cm³/mol. The normalized spacial score (nSPS) is 14.2. The average molecular weight is 255 g/mol. The first-order valence-electron chi connectivity index (χ1n) is 4.74. The summed E-state index contributed by atoms with van der Waals surface area (Å²) < 4.78 is 26.4.